The SMILES string of the molecule is CCN(CC)C(=O)C(C)N(C)c1cccc(C#N)c1. The second-order valence-corrected chi connectivity index (χ2v) is 4.46. The molecule has 0 aromatic heterocycles. The molecule has 1 aromatic carbocycles. The van der Waals surface area contributed by atoms with Crippen LogP contribution in [0.15, 0.2) is 24.3 Å². The molecule has 1 unspecified atom stereocenters. The van der Waals surface area contributed by atoms with Crippen LogP contribution in [0.4, 0.5) is 5.69 Å². The number of likely N-dealkylation sites (N-methyl/N-ethyl adjacent to an activating group) is 2. The average molecular weight is 259 g/mol. The highest BCUT2D eigenvalue weighted by molar-refractivity contribution is 5.84. The van der Waals surface area contributed by atoms with Crippen molar-refractivity contribution in [2.75, 3.05) is 25.0 Å². The Hall–Kier alpha value is -2.02. The van der Waals surface area contributed by atoms with Gasteiger partial charge in [0.15, 0.2) is 0 Å². The first-order chi connectivity index (χ1) is 9.04. The number of rotatable bonds is 5. The monoisotopic (exact) mass is 259 g/mol. The quantitative estimate of drug-likeness (QED) is 0.815. The van der Waals surface area contributed by atoms with Gasteiger partial charge in [0.25, 0.3) is 0 Å². The van der Waals surface area contributed by atoms with Crippen LogP contribution in [-0.2, 0) is 4.79 Å². The van der Waals surface area contributed by atoms with Crippen LogP contribution in [-0.4, -0.2) is 37.0 Å². The molecule has 0 bridgehead atoms. The van der Waals surface area contributed by atoms with Crippen molar-refractivity contribution in [3.05, 3.63) is 29.8 Å². The van der Waals surface area contributed by atoms with Gasteiger partial charge in [-0.25, -0.2) is 0 Å². The van der Waals surface area contributed by atoms with E-state index in [2.05, 4.69) is 6.07 Å². The van der Waals surface area contributed by atoms with Gasteiger partial charge in [-0.2, -0.15) is 5.26 Å². The highest BCUT2D eigenvalue weighted by Crippen LogP contribution is 2.17. The number of benzene rings is 1. The van der Waals surface area contributed by atoms with Gasteiger partial charge in [-0.05, 0) is 39.0 Å². The maximum absolute atomic E-state index is 12.3. The minimum absolute atomic E-state index is 0.106. The zero-order valence-electron chi connectivity index (χ0n) is 12.1. The van der Waals surface area contributed by atoms with Crippen LogP contribution in [0.3, 0.4) is 0 Å². The van der Waals surface area contributed by atoms with Crippen LogP contribution in [0.25, 0.3) is 0 Å². The Morgan fingerprint density at radius 1 is 1.37 bits per heavy atom. The second kappa shape index (κ2) is 6.79. The Morgan fingerprint density at radius 2 is 2.00 bits per heavy atom. The fraction of sp³-hybridized carbons (Fsp3) is 0.467. The van der Waals surface area contributed by atoms with Crippen LogP contribution in [0.5, 0.6) is 0 Å². The maximum atomic E-state index is 12.3. The van der Waals surface area contributed by atoms with Crippen molar-refractivity contribution in [2.45, 2.75) is 26.8 Å². The van der Waals surface area contributed by atoms with Crippen molar-refractivity contribution < 1.29 is 4.79 Å². The Kier molecular flexibility index (Phi) is 5.37. The summed E-state index contributed by atoms with van der Waals surface area (Å²) in [6.07, 6.45) is 0. The summed E-state index contributed by atoms with van der Waals surface area (Å²) in [5.74, 6) is 0.106. The lowest BCUT2D eigenvalue weighted by Crippen LogP contribution is -2.45. The van der Waals surface area contributed by atoms with E-state index in [9.17, 15) is 4.79 Å². The van der Waals surface area contributed by atoms with Gasteiger partial charge >= 0.3 is 0 Å². The number of nitriles is 1. The van der Waals surface area contributed by atoms with Gasteiger partial charge in [0.05, 0.1) is 11.6 Å². The molecule has 102 valence electrons. The molecule has 0 spiro atoms. The minimum Gasteiger partial charge on any atom is -0.363 e. The second-order valence-electron chi connectivity index (χ2n) is 4.46. The normalized spacial score (nSPS) is 11.5. The number of anilines is 1. The maximum Gasteiger partial charge on any atom is 0.244 e. The average Bonchev–Trinajstić information content (AvgIpc) is 2.46. The van der Waals surface area contributed by atoms with Crippen molar-refractivity contribution in [1.82, 2.24) is 4.90 Å². The summed E-state index contributed by atoms with van der Waals surface area (Å²) in [5.41, 5.74) is 1.49. The number of hydrogen-bond acceptors (Lipinski definition) is 3. The topological polar surface area (TPSA) is 47.3 Å². The highest BCUT2D eigenvalue weighted by Gasteiger charge is 2.22. The van der Waals surface area contributed by atoms with E-state index in [1.807, 2.05) is 49.8 Å². The van der Waals surface area contributed by atoms with Crippen LogP contribution in [0, 0.1) is 11.3 Å². The summed E-state index contributed by atoms with van der Waals surface area (Å²) >= 11 is 0. The smallest absolute Gasteiger partial charge is 0.244 e. The number of hydrogen-bond donors (Lipinski definition) is 0. The third-order valence-corrected chi connectivity index (χ3v) is 3.40. The molecule has 4 nitrogen and oxygen atoms in total. The Bertz CT molecular complexity index is 475. The Balaban J connectivity index is 2.90. The summed E-state index contributed by atoms with van der Waals surface area (Å²) in [4.78, 5) is 16.0. The van der Waals surface area contributed by atoms with Gasteiger partial charge < -0.3 is 9.80 Å². The van der Waals surface area contributed by atoms with Crippen molar-refractivity contribution in [3.8, 4) is 6.07 Å². The fourth-order valence-electron chi connectivity index (χ4n) is 1.98. The molecule has 0 saturated carbocycles. The molecule has 1 aromatic rings. The number of carbonyl (C=O) groups is 1. The summed E-state index contributed by atoms with van der Waals surface area (Å²) in [6, 6.07) is 9.17. The zero-order valence-corrected chi connectivity index (χ0v) is 12.1. The summed E-state index contributed by atoms with van der Waals surface area (Å²) in [5, 5.41) is 8.91. The molecule has 1 atom stereocenters. The molecule has 1 amide bonds. The van der Waals surface area contributed by atoms with E-state index in [1.165, 1.54) is 0 Å². The lowest BCUT2D eigenvalue weighted by molar-refractivity contribution is -0.131. The van der Waals surface area contributed by atoms with E-state index in [4.69, 9.17) is 5.26 Å². The lowest BCUT2D eigenvalue weighted by atomic mass is 10.1. The van der Waals surface area contributed by atoms with Crippen molar-refractivity contribution in [3.63, 3.8) is 0 Å². The third-order valence-electron chi connectivity index (χ3n) is 3.40. The summed E-state index contributed by atoms with van der Waals surface area (Å²) < 4.78 is 0. The van der Waals surface area contributed by atoms with E-state index in [0.717, 1.165) is 5.69 Å². The largest absolute Gasteiger partial charge is 0.363 e. The Labute approximate surface area is 115 Å². The number of carbonyl (C=O) groups excluding carboxylic acids is 1. The molecule has 0 N–H and O–H groups in total. The molecule has 0 fully saturated rings. The van der Waals surface area contributed by atoms with Crippen LogP contribution < -0.4 is 4.90 Å². The van der Waals surface area contributed by atoms with Crippen LogP contribution in [0.1, 0.15) is 26.3 Å². The van der Waals surface area contributed by atoms with Gasteiger partial charge in [-0.1, -0.05) is 6.07 Å². The zero-order chi connectivity index (χ0) is 14.4. The molecular formula is C15H21N3O. The van der Waals surface area contributed by atoms with E-state index < -0.39 is 0 Å². The molecule has 1 rings (SSSR count). The molecule has 19 heavy (non-hydrogen) atoms. The lowest BCUT2D eigenvalue weighted by Gasteiger charge is -2.30. The molecular weight excluding hydrogens is 238 g/mol. The Morgan fingerprint density at radius 3 is 2.53 bits per heavy atom. The summed E-state index contributed by atoms with van der Waals surface area (Å²) in [6.45, 7) is 7.27. The molecule has 0 aliphatic rings. The predicted molar refractivity (Wildman–Crippen MR) is 77.0 cm³/mol. The standard InChI is InChI=1S/C15H21N3O/c1-5-18(6-2)15(19)12(3)17(4)14-9-7-8-13(10-14)11-16/h7-10,12H,5-6H2,1-4H3. The molecule has 4 heteroatoms. The van der Waals surface area contributed by atoms with Gasteiger partial charge in [-0.15, -0.1) is 0 Å². The van der Waals surface area contributed by atoms with Crippen LogP contribution >= 0.6 is 0 Å². The molecule has 0 aliphatic heterocycles. The number of nitrogens with zero attached hydrogens (tertiary/aromatic N) is 3. The first-order valence-electron chi connectivity index (χ1n) is 6.56. The molecule has 0 saturated heterocycles. The van der Waals surface area contributed by atoms with Gasteiger partial charge in [0.1, 0.15) is 6.04 Å². The molecule has 0 aliphatic carbocycles. The first-order valence-corrected chi connectivity index (χ1v) is 6.56. The minimum atomic E-state index is -0.242. The highest BCUT2D eigenvalue weighted by atomic mass is 16.2. The first kappa shape index (κ1) is 15.0. The van der Waals surface area contributed by atoms with Crippen molar-refractivity contribution in [1.29, 1.82) is 5.26 Å². The van der Waals surface area contributed by atoms with E-state index in [1.54, 1.807) is 12.1 Å². The van der Waals surface area contributed by atoms with Gasteiger partial charge in [-0.3, -0.25) is 4.79 Å². The summed E-state index contributed by atoms with van der Waals surface area (Å²) in [7, 11) is 1.88. The molecule has 0 radical (unpaired) electrons. The predicted octanol–water partition coefficient (Wildman–Crippen LogP) is 2.25. The number of amides is 1. The van der Waals surface area contributed by atoms with Gasteiger partial charge in [0.2, 0.25) is 5.91 Å². The van der Waals surface area contributed by atoms with Crippen LogP contribution in [0.2, 0.25) is 0 Å². The van der Waals surface area contributed by atoms with Crippen molar-refractivity contribution >= 4 is 11.6 Å². The third kappa shape index (κ3) is 3.47. The van der Waals surface area contributed by atoms with Gasteiger partial charge in [0, 0.05) is 25.8 Å². The van der Waals surface area contributed by atoms with E-state index >= 15 is 0 Å². The fourth-order valence-corrected chi connectivity index (χ4v) is 1.98. The van der Waals surface area contributed by atoms with Crippen molar-refractivity contribution in [2.24, 2.45) is 0 Å². The molecule has 0 heterocycles. The van der Waals surface area contributed by atoms with E-state index in [-0.39, 0.29) is 11.9 Å². The van der Waals surface area contributed by atoms with E-state index in [0.29, 0.717) is 18.7 Å².